The van der Waals surface area contributed by atoms with E-state index < -0.39 is 0 Å². The minimum absolute atomic E-state index is 0.146. The number of nitrogens with one attached hydrogen (secondary N) is 1. The summed E-state index contributed by atoms with van der Waals surface area (Å²) < 4.78 is 11.7. The molecular weight excluding hydrogens is 414 g/mol. The van der Waals surface area contributed by atoms with Gasteiger partial charge in [-0.05, 0) is 55.4 Å². The SMILES string of the molecule is CCOc1cc(C(=O)NCc2ccccc2CN(CC)CC)ccc1OCc1cccnc1. The zero-order valence-electron chi connectivity index (χ0n) is 19.7. The van der Waals surface area contributed by atoms with Crippen molar-refractivity contribution in [2.45, 2.75) is 40.5 Å². The van der Waals surface area contributed by atoms with Crippen LogP contribution in [0.1, 0.15) is 47.8 Å². The lowest BCUT2D eigenvalue weighted by atomic mass is 10.1. The van der Waals surface area contributed by atoms with Crippen LogP contribution in [0.15, 0.2) is 67.0 Å². The number of benzene rings is 2. The maximum atomic E-state index is 12.9. The lowest BCUT2D eigenvalue weighted by Crippen LogP contribution is -2.26. The van der Waals surface area contributed by atoms with Gasteiger partial charge in [-0.1, -0.05) is 44.2 Å². The summed E-state index contributed by atoms with van der Waals surface area (Å²) in [5.41, 5.74) is 3.86. The minimum atomic E-state index is -0.146. The van der Waals surface area contributed by atoms with Gasteiger partial charge >= 0.3 is 0 Å². The zero-order chi connectivity index (χ0) is 23.5. The lowest BCUT2D eigenvalue weighted by Gasteiger charge is -2.20. The molecule has 0 saturated carbocycles. The van der Waals surface area contributed by atoms with Crippen molar-refractivity contribution in [2.75, 3.05) is 19.7 Å². The fourth-order valence-electron chi connectivity index (χ4n) is 3.53. The smallest absolute Gasteiger partial charge is 0.251 e. The van der Waals surface area contributed by atoms with E-state index in [1.807, 2.05) is 31.2 Å². The normalized spacial score (nSPS) is 10.8. The summed E-state index contributed by atoms with van der Waals surface area (Å²) in [4.78, 5) is 19.3. The van der Waals surface area contributed by atoms with Crippen molar-refractivity contribution in [2.24, 2.45) is 0 Å². The van der Waals surface area contributed by atoms with Crippen LogP contribution >= 0.6 is 0 Å². The molecule has 1 amide bonds. The molecule has 0 aliphatic heterocycles. The molecule has 0 radical (unpaired) electrons. The van der Waals surface area contributed by atoms with Crippen LogP contribution < -0.4 is 14.8 Å². The Hall–Kier alpha value is -3.38. The van der Waals surface area contributed by atoms with E-state index in [9.17, 15) is 4.79 Å². The van der Waals surface area contributed by atoms with Crippen molar-refractivity contribution >= 4 is 5.91 Å². The standard InChI is InChI=1S/C27H33N3O3/c1-4-30(5-2)19-24-12-8-7-11-23(24)18-29-27(31)22-13-14-25(26(16-22)32-6-3)33-20-21-10-9-15-28-17-21/h7-17H,4-6,18-20H2,1-3H3,(H,29,31). The van der Waals surface area contributed by atoms with Gasteiger partial charge in [-0.3, -0.25) is 14.7 Å². The first-order chi connectivity index (χ1) is 16.1. The molecule has 0 spiro atoms. The predicted octanol–water partition coefficient (Wildman–Crippen LogP) is 4.83. The van der Waals surface area contributed by atoms with Gasteiger partial charge in [0.15, 0.2) is 11.5 Å². The Morgan fingerprint density at radius 3 is 2.42 bits per heavy atom. The van der Waals surface area contributed by atoms with Crippen molar-refractivity contribution in [3.8, 4) is 11.5 Å². The zero-order valence-corrected chi connectivity index (χ0v) is 19.7. The van der Waals surface area contributed by atoms with E-state index in [1.165, 1.54) is 5.56 Å². The fourth-order valence-corrected chi connectivity index (χ4v) is 3.53. The highest BCUT2D eigenvalue weighted by atomic mass is 16.5. The van der Waals surface area contributed by atoms with E-state index in [1.54, 1.807) is 30.6 Å². The third-order valence-corrected chi connectivity index (χ3v) is 5.47. The molecule has 33 heavy (non-hydrogen) atoms. The van der Waals surface area contributed by atoms with Gasteiger partial charge in [0.1, 0.15) is 6.61 Å². The van der Waals surface area contributed by atoms with Gasteiger partial charge in [-0.25, -0.2) is 0 Å². The molecule has 0 aliphatic carbocycles. The molecule has 0 saturated heterocycles. The Morgan fingerprint density at radius 2 is 1.73 bits per heavy atom. The van der Waals surface area contributed by atoms with Gasteiger partial charge in [0.05, 0.1) is 6.61 Å². The van der Waals surface area contributed by atoms with Gasteiger partial charge in [0, 0.05) is 36.6 Å². The van der Waals surface area contributed by atoms with Crippen LogP contribution in [0, 0.1) is 0 Å². The summed E-state index contributed by atoms with van der Waals surface area (Å²) in [5.74, 6) is 1.00. The Kier molecular flexibility index (Phi) is 9.27. The highest BCUT2D eigenvalue weighted by Gasteiger charge is 2.13. The largest absolute Gasteiger partial charge is 0.490 e. The Labute approximate surface area is 196 Å². The second-order valence-electron chi connectivity index (χ2n) is 7.66. The Bertz CT molecular complexity index is 1020. The molecule has 0 fully saturated rings. The molecule has 0 bridgehead atoms. The third kappa shape index (κ3) is 7.05. The number of pyridine rings is 1. The quantitative estimate of drug-likeness (QED) is 0.431. The number of nitrogens with zero attached hydrogens (tertiary/aromatic N) is 2. The molecule has 0 unspecified atom stereocenters. The molecule has 6 nitrogen and oxygen atoms in total. The molecule has 0 atom stereocenters. The van der Waals surface area contributed by atoms with Crippen LogP contribution in [0.3, 0.4) is 0 Å². The van der Waals surface area contributed by atoms with E-state index in [2.05, 4.69) is 41.2 Å². The number of hydrogen-bond donors (Lipinski definition) is 1. The number of rotatable bonds is 12. The van der Waals surface area contributed by atoms with Crippen LogP contribution in [-0.4, -0.2) is 35.5 Å². The maximum Gasteiger partial charge on any atom is 0.251 e. The number of amides is 1. The molecular formula is C27H33N3O3. The van der Waals surface area contributed by atoms with E-state index in [4.69, 9.17) is 9.47 Å². The number of aromatic nitrogens is 1. The topological polar surface area (TPSA) is 63.7 Å². The van der Waals surface area contributed by atoms with Crippen molar-refractivity contribution in [3.05, 3.63) is 89.2 Å². The van der Waals surface area contributed by atoms with Gasteiger partial charge in [-0.2, -0.15) is 0 Å². The van der Waals surface area contributed by atoms with Crippen LogP contribution in [0.25, 0.3) is 0 Å². The lowest BCUT2D eigenvalue weighted by molar-refractivity contribution is 0.0950. The number of ether oxygens (including phenoxy) is 2. The van der Waals surface area contributed by atoms with Crippen molar-refractivity contribution < 1.29 is 14.3 Å². The maximum absolute atomic E-state index is 12.9. The summed E-state index contributed by atoms with van der Waals surface area (Å²) in [7, 11) is 0. The predicted molar refractivity (Wildman–Crippen MR) is 130 cm³/mol. The summed E-state index contributed by atoms with van der Waals surface area (Å²) in [6.07, 6.45) is 3.49. The summed E-state index contributed by atoms with van der Waals surface area (Å²) in [6.45, 7) is 10.4. The van der Waals surface area contributed by atoms with Gasteiger partial charge in [-0.15, -0.1) is 0 Å². The van der Waals surface area contributed by atoms with Crippen molar-refractivity contribution in [3.63, 3.8) is 0 Å². The Balaban J connectivity index is 1.67. The highest BCUT2D eigenvalue weighted by molar-refractivity contribution is 5.94. The first kappa shape index (κ1) is 24.3. The summed E-state index contributed by atoms with van der Waals surface area (Å²) in [5, 5.41) is 3.05. The number of hydrogen-bond acceptors (Lipinski definition) is 5. The highest BCUT2D eigenvalue weighted by Crippen LogP contribution is 2.29. The van der Waals surface area contributed by atoms with Gasteiger partial charge in [0.25, 0.3) is 5.91 Å². The molecule has 3 rings (SSSR count). The van der Waals surface area contributed by atoms with Crippen LogP contribution in [0.4, 0.5) is 0 Å². The van der Waals surface area contributed by atoms with Gasteiger partial charge in [0.2, 0.25) is 0 Å². The third-order valence-electron chi connectivity index (χ3n) is 5.47. The molecule has 1 heterocycles. The molecule has 0 aliphatic rings. The van der Waals surface area contributed by atoms with Crippen LogP contribution in [0.2, 0.25) is 0 Å². The number of carbonyl (C=O) groups is 1. The average Bonchev–Trinajstić information content (AvgIpc) is 2.86. The van der Waals surface area contributed by atoms with E-state index in [-0.39, 0.29) is 5.91 Å². The first-order valence-electron chi connectivity index (χ1n) is 11.5. The summed E-state index contributed by atoms with van der Waals surface area (Å²) >= 11 is 0. The van der Waals surface area contributed by atoms with Gasteiger partial charge < -0.3 is 14.8 Å². The molecule has 6 heteroatoms. The second-order valence-corrected chi connectivity index (χ2v) is 7.66. The van der Waals surface area contributed by atoms with Crippen molar-refractivity contribution in [1.29, 1.82) is 0 Å². The molecule has 1 N–H and O–H groups in total. The first-order valence-corrected chi connectivity index (χ1v) is 11.5. The number of carbonyl (C=O) groups excluding carboxylic acids is 1. The Morgan fingerprint density at radius 1 is 0.939 bits per heavy atom. The van der Waals surface area contributed by atoms with Crippen LogP contribution in [-0.2, 0) is 19.7 Å². The van der Waals surface area contributed by atoms with Crippen LogP contribution in [0.5, 0.6) is 11.5 Å². The second kappa shape index (κ2) is 12.6. The molecule has 1 aromatic heterocycles. The monoisotopic (exact) mass is 447 g/mol. The fraction of sp³-hybridized carbons (Fsp3) is 0.333. The molecule has 2 aromatic carbocycles. The van der Waals surface area contributed by atoms with E-state index >= 15 is 0 Å². The van der Waals surface area contributed by atoms with E-state index in [0.717, 1.165) is 30.8 Å². The minimum Gasteiger partial charge on any atom is -0.490 e. The molecule has 174 valence electrons. The summed E-state index contributed by atoms with van der Waals surface area (Å²) in [6, 6.07) is 17.4. The van der Waals surface area contributed by atoms with Crippen molar-refractivity contribution in [1.82, 2.24) is 15.2 Å². The average molecular weight is 448 g/mol. The molecule has 3 aromatic rings. The van der Waals surface area contributed by atoms with E-state index in [0.29, 0.717) is 36.8 Å².